The molecule has 208 valence electrons. The van der Waals surface area contributed by atoms with E-state index < -0.39 is 12.1 Å². The van der Waals surface area contributed by atoms with Gasteiger partial charge in [-0.3, -0.25) is 24.0 Å². The quantitative estimate of drug-likeness (QED) is 0.475. The minimum absolute atomic E-state index is 0.0114. The van der Waals surface area contributed by atoms with Crippen LogP contribution in [0.2, 0.25) is 0 Å². The van der Waals surface area contributed by atoms with Crippen molar-refractivity contribution < 1.29 is 24.0 Å². The molecule has 0 bridgehead atoms. The smallest absolute Gasteiger partial charge is 0.251 e. The third-order valence-corrected chi connectivity index (χ3v) is 7.41. The molecule has 10 heteroatoms. The van der Waals surface area contributed by atoms with Crippen molar-refractivity contribution in [1.82, 2.24) is 20.4 Å². The molecule has 10 nitrogen and oxygen atoms in total. The van der Waals surface area contributed by atoms with Gasteiger partial charge in [-0.15, -0.1) is 0 Å². The molecule has 2 aliphatic heterocycles. The fourth-order valence-electron chi connectivity index (χ4n) is 5.26. The Morgan fingerprint density at radius 3 is 2.29 bits per heavy atom. The maximum absolute atomic E-state index is 13.2. The fraction of sp³-hybridized carbons (Fsp3) is 0.607. The number of amides is 4. The van der Waals surface area contributed by atoms with Crippen LogP contribution in [0, 0.1) is 11.8 Å². The Kier molecular flexibility index (Phi) is 9.51. The largest absolute Gasteiger partial charge is 0.378 e. The molecular weight excluding hydrogens is 486 g/mol. The number of nitrogens with one attached hydrogen (secondary N) is 2. The Hall–Kier alpha value is -3.43. The number of likely N-dealkylation sites (tertiary alicyclic amines) is 2. The number of benzene rings is 1. The van der Waals surface area contributed by atoms with Gasteiger partial charge in [-0.05, 0) is 48.9 Å². The van der Waals surface area contributed by atoms with Gasteiger partial charge in [-0.1, -0.05) is 20.8 Å². The van der Waals surface area contributed by atoms with Gasteiger partial charge in [0.25, 0.3) is 5.91 Å². The molecule has 38 heavy (non-hydrogen) atoms. The molecule has 0 saturated carbocycles. The van der Waals surface area contributed by atoms with Crippen LogP contribution in [0.1, 0.15) is 57.3 Å². The highest BCUT2D eigenvalue weighted by molar-refractivity contribution is 5.99. The fourth-order valence-corrected chi connectivity index (χ4v) is 5.26. The number of ketones is 1. The molecule has 0 radical (unpaired) electrons. The summed E-state index contributed by atoms with van der Waals surface area (Å²) in [6, 6.07) is 5.66. The number of fused-ring (bicyclic) bond motifs is 1. The third-order valence-electron chi connectivity index (χ3n) is 7.41. The van der Waals surface area contributed by atoms with Crippen molar-refractivity contribution in [2.24, 2.45) is 11.8 Å². The van der Waals surface area contributed by atoms with Crippen LogP contribution >= 0.6 is 0 Å². The molecule has 1 aromatic rings. The molecule has 1 aromatic carbocycles. The van der Waals surface area contributed by atoms with Crippen LogP contribution in [0.25, 0.3) is 0 Å². The molecule has 2 saturated heterocycles. The number of hydrogen-bond acceptors (Lipinski definition) is 6. The summed E-state index contributed by atoms with van der Waals surface area (Å²) in [6.07, 6.45) is 1.43. The Balaban J connectivity index is 1.51. The predicted octanol–water partition coefficient (Wildman–Crippen LogP) is 1.44. The van der Waals surface area contributed by atoms with Gasteiger partial charge >= 0.3 is 0 Å². The number of hydrogen-bond donors (Lipinski definition) is 2. The SMILES string of the molecule is CC(=O)NC(C(=O)N1CC(=O)C2C1CCN2C(=O)CC(C)CCNC(=O)c1ccc(N(C)C)cc1)C(C)C. The summed E-state index contributed by atoms with van der Waals surface area (Å²) in [5.74, 6) is -1.09. The van der Waals surface area contributed by atoms with E-state index in [0.29, 0.717) is 31.5 Å². The lowest BCUT2D eigenvalue weighted by molar-refractivity contribution is -0.138. The van der Waals surface area contributed by atoms with Crippen LogP contribution in [0.3, 0.4) is 0 Å². The first kappa shape index (κ1) is 29.1. The van der Waals surface area contributed by atoms with Crippen molar-refractivity contribution in [2.45, 2.75) is 65.1 Å². The van der Waals surface area contributed by atoms with Gasteiger partial charge in [0.2, 0.25) is 17.7 Å². The predicted molar refractivity (Wildman–Crippen MR) is 145 cm³/mol. The summed E-state index contributed by atoms with van der Waals surface area (Å²) in [7, 11) is 3.88. The van der Waals surface area contributed by atoms with E-state index in [1.165, 1.54) is 6.92 Å². The highest BCUT2D eigenvalue weighted by Crippen LogP contribution is 2.31. The molecule has 4 unspecified atom stereocenters. The maximum Gasteiger partial charge on any atom is 0.251 e. The molecular formula is C28H41N5O5. The molecule has 3 rings (SSSR count). The maximum atomic E-state index is 13.2. The Bertz CT molecular complexity index is 1050. The third kappa shape index (κ3) is 6.71. The number of rotatable bonds is 10. The molecule has 4 amide bonds. The first-order valence-electron chi connectivity index (χ1n) is 13.4. The highest BCUT2D eigenvalue weighted by atomic mass is 16.2. The zero-order chi connectivity index (χ0) is 28.1. The molecule has 0 spiro atoms. The van der Waals surface area contributed by atoms with Gasteiger partial charge in [0.1, 0.15) is 12.1 Å². The van der Waals surface area contributed by atoms with Crippen LogP contribution < -0.4 is 15.5 Å². The van der Waals surface area contributed by atoms with Crippen LogP contribution in [0.4, 0.5) is 5.69 Å². The van der Waals surface area contributed by atoms with Crippen molar-refractivity contribution in [3.8, 4) is 0 Å². The second-order valence-corrected chi connectivity index (χ2v) is 11.0. The lowest BCUT2D eigenvalue weighted by atomic mass is 10.0. The monoisotopic (exact) mass is 527 g/mol. The van der Waals surface area contributed by atoms with Gasteiger partial charge in [-0.25, -0.2) is 0 Å². The molecule has 2 aliphatic rings. The van der Waals surface area contributed by atoms with Crippen molar-refractivity contribution >= 4 is 35.1 Å². The topological polar surface area (TPSA) is 119 Å². The summed E-state index contributed by atoms with van der Waals surface area (Å²) in [5.41, 5.74) is 1.60. The van der Waals surface area contributed by atoms with Crippen LogP contribution in [0.15, 0.2) is 24.3 Å². The normalized spacial score (nSPS) is 20.2. The Morgan fingerprint density at radius 1 is 1.05 bits per heavy atom. The molecule has 2 heterocycles. The van der Waals surface area contributed by atoms with Gasteiger partial charge in [0, 0.05) is 51.8 Å². The molecule has 0 aromatic heterocycles. The summed E-state index contributed by atoms with van der Waals surface area (Å²) < 4.78 is 0. The van der Waals surface area contributed by atoms with E-state index in [4.69, 9.17) is 0 Å². The van der Waals surface area contributed by atoms with E-state index in [1.54, 1.807) is 21.9 Å². The van der Waals surface area contributed by atoms with Gasteiger partial charge in [0.15, 0.2) is 5.78 Å². The van der Waals surface area contributed by atoms with E-state index in [1.807, 2.05) is 51.9 Å². The second kappa shape index (κ2) is 12.4. The van der Waals surface area contributed by atoms with E-state index in [2.05, 4.69) is 10.6 Å². The number of carbonyl (C=O) groups is 5. The number of nitrogens with zero attached hydrogens (tertiary/aromatic N) is 3. The summed E-state index contributed by atoms with van der Waals surface area (Å²) in [5, 5.41) is 5.61. The molecule has 0 aliphatic carbocycles. The lowest BCUT2D eigenvalue weighted by Gasteiger charge is -2.30. The Labute approximate surface area is 225 Å². The van der Waals surface area contributed by atoms with Crippen LogP contribution in [-0.2, 0) is 19.2 Å². The molecule has 2 N–H and O–H groups in total. The summed E-state index contributed by atoms with van der Waals surface area (Å²) in [4.78, 5) is 68.4. The van der Waals surface area contributed by atoms with E-state index >= 15 is 0 Å². The zero-order valence-corrected chi connectivity index (χ0v) is 23.3. The van der Waals surface area contributed by atoms with Crippen molar-refractivity contribution in [3.63, 3.8) is 0 Å². The molecule has 4 atom stereocenters. The van der Waals surface area contributed by atoms with Gasteiger partial charge in [-0.2, -0.15) is 0 Å². The summed E-state index contributed by atoms with van der Waals surface area (Å²) in [6.45, 7) is 7.84. The number of Topliss-reactive ketones (excluding diaryl/α,β-unsaturated/α-hetero) is 1. The Morgan fingerprint density at radius 2 is 1.71 bits per heavy atom. The lowest BCUT2D eigenvalue weighted by Crippen LogP contribution is -2.52. The van der Waals surface area contributed by atoms with E-state index in [9.17, 15) is 24.0 Å². The van der Waals surface area contributed by atoms with E-state index in [0.717, 1.165) is 5.69 Å². The highest BCUT2D eigenvalue weighted by Gasteiger charge is 2.52. The van der Waals surface area contributed by atoms with Crippen LogP contribution in [-0.4, -0.2) is 91.1 Å². The van der Waals surface area contributed by atoms with Crippen molar-refractivity contribution in [3.05, 3.63) is 29.8 Å². The first-order valence-corrected chi connectivity index (χ1v) is 13.4. The summed E-state index contributed by atoms with van der Waals surface area (Å²) >= 11 is 0. The van der Waals surface area contributed by atoms with Crippen molar-refractivity contribution in [1.29, 1.82) is 0 Å². The minimum atomic E-state index is -0.704. The van der Waals surface area contributed by atoms with Gasteiger partial charge < -0.3 is 25.3 Å². The number of carbonyl (C=O) groups excluding carboxylic acids is 5. The van der Waals surface area contributed by atoms with E-state index in [-0.39, 0.29) is 60.3 Å². The van der Waals surface area contributed by atoms with Gasteiger partial charge in [0.05, 0.1) is 12.6 Å². The second-order valence-electron chi connectivity index (χ2n) is 11.0. The van der Waals surface area contributed by atoms with Crippen molar-refractivity contribution in [2.75, 3.05) is 38.6 Å². The first-order chi connectivity index (χ1) is 17.9. The average molecular weight is 528 g/mol. The average Bonchev–Trinajstić information content (AvgIpc) is 3.43. The van der Waals surface area contributed by atoms with Crippen LogP contribution in [0.5, 0.6) is 0 Å². The minimum Gasteiger partial charge on any atom is -0.378 e. The zero-order valence-electron chi connectivity index (χ0n) is 23.3. The standard InChI is InChI=1S/C28H41N5O5/c1-17(2)25(30-19(4)34)28(38)33-16-23(35)26-22(33)12-14-32(26)24(36)15-18(3)11-13-29-27(37)20-7-9-21(10-8-20)31(5)6/h7-10,17-18,22,25-26H,11-16H2,1-6H3,(H,29,37)(H,30,34). The number of anilines is 1. The molecule has 2 fully saturated rings.